The van der Waals surface area contributed by atoms with E-state index in [1.807, 2.05) is 21.1 Å². The Morgan fingerprint density at radius 3 is 1.02 bits per heavy atom. The highest BCUT2D eigenvalue weighted by Crippen LogP contribution is 2.43. The van der Waals surface area contributed by atoms with Crippen molar-refractivity contribution in [1.29, 1.82) is 0 Å². The molecule has 0 spiro atoms. The van der Waals surface area contributed by atoms with Crippen LogP contribution in [0.1, 0.15) is 373 Å². The highest BCUT2D eigenvalue weighted by molar-refractivity contribution is 7.47. The number of nitrogens with zero attached hydrogens (tertiary/aromatic N) is 1. The van der Waals surface area contributed by atoms with E-state index >= 15 is 0 Å². The first-order valence-corrected chi connectivity index (χ1v) is 37.2. The summed E-state index contributed by atoms with van der Waals surface area (Å²) in [5, 5.41) is 14.2. The zero-order valence-corrected chi connectivity index (χ0v) is 55.5. The molecule has 0 radical (unpaired) electrons. The van der Waals surface area contributed by atoms with E-state index < -0.39 is 20.0 Å². The molecule has 1 amide bonds. The fraction of sp³-hybridized carbons (Fsp3) is 0.930. The van der Waals surface area contributed by atoms with Crippen LogP contribution in [0.25, 0.3) is 0 Å². The number of carbonyl (C=O) groups is 1. The highest BCUT2D eigenvalue weighted by Gasteiger charge is 2.28. The van der Waals surface area contributed by atoms with Crippen molar-refractivity contribution in [2.45, 2.75) is 386 Å². The molecule has 0 saturated carbocycles. The van der Waals surface area contributed by atoms with Crippen molar-refractivity contribution in [1.82, 2.24) is 5.32 Å². The third-order valence-corrected chi connectivity index (χ3v) is 17.7. The van der Waals surface area contributed by atoms with Crippen molar-refractivity contribution < 1.29 is 32.9 Å². The third kappa shape index (κ3) is 64.5. The minimum Gasteiger partial charge on any atom is -0.391 e. The molecular weight excluding hydrogens is 1010 g/mol. The van der Waals surface area contributed by atoms with Gasteiger partial charge in [0, 0.05) is 6.42 Å². The lowest BCUT2D eigenvalue weighted by atomic mass is 10.0. The fourth-order valence-electron chi connectivity index (χ4n) is 11.1. The Balaban J connectivity index is 3.97. The van der Waals surface area contributed by atoms with Gasteiger partial charge in [0.1, 0.15) is 13.2 Å². The molecule has 8 nitrogen and oxygen atoms in total. The Bertz CT molecular complexity index is 1350. The maximum absolute atomic E-state index is 13.1. The number of aliphatic hydroxyl groups is 1. The molecule has 0 rings (SSSR count). The van der Waals surface area contributed by atoms with Gasteiger partial charge < -0.3 is 19.8 Å². The van der Waals surface area contributed by atoms with Gasteiger partial charge in [-0.3, -0.25) is 13.8 Å². The summed E-state index contributed by atoms with van der Waals surface area (Å²) in [4.78, 5) is 23.5. The highest BCUT2D eigenvalue weighted by atomic mass is 31.2. The average molecular weight is 1150 g/mol. The minimum atomic E-state index is -4.33. The van der Waals surface area contributed by atoms with Gasteiger partial charge in [0.05, 0.1) is 39.9 Å². The summed E-state index contributed by atoms with van der Waals surface area (Å²) < 4.78 is 23.9. The molecule has 3 unspecified atom stereocenters. The molecule has 0 aromatic carbocycles. The third-order valence-electron chi connectivity index (χ3n) is 16.7. The van der Waals surface area contributed by atoms with Crippen LogP contribution in [0, 0.1) is 0 Å². The van der Waals surface area contributed by atoms with Gasteiger partial charge in [-0.2, -0.15) is 0 Å². The summed E-state index contributed by atoms with van der Waals surface area (Å²) in [6, 6.07) is -0.760. The van der Waals surface area contributed by atoms with Crippen molar-refractivity contribution in [3.8, 4) is 0 Å². The van der Waals surface area contributed by atoms with Crippen molar-refractivity contribution in [3.63, 3.8) is 0 Å². The molecule has 9 heteroatoms. The van der Waals surface area contributed by atoms with Crippen molar-refractivity contribution >= 4 is 13.7 Å². The van der Waals surface area contributed by atoms with Gasteiger partial charge in [-0.1, -0.05) is 346 Å². The van der Waals surface area contributed by atoms with Gasteiger partial charge in [0.25, 0.3) is 0 Å². The molecule has 0 aliphatic carbocycles. The lowest BCUT2D eigenvalue weighted by molar-refractivity contribution is -0.870. The molecule has 476 valence electrons. The van der Waals surface area contributed by atoms with Crippen LogP contribution in [0.15, 0.2) is 24.3 Å². The van der Waals surface area contributed by atoms with Gasteiger partial charge in [-0.25, -0.2) is 4.57 Å². The van der Waals surface area contributed by atoms with Gasteiger partial charge in [-0.05, 0) is 44.9 Å². The van der Waals surface area contributed by atoms with Gasteiger partial charge in [0.2, 0.25) is 5.91 Å². The second-order valence-corrected chi connectivity index (χ2v) is 27.4. The molecule has 0 aromatic rings. The molecule has 0 bridgehead atoms. The molecule has 0 fully saturated rings. The molecule has 3 N–H and O–H groups in total. The number of phosphoric acid groups is 1. The number of hydrogen-bond donors (Lipinski definition) is 3. The van der Waals surface area contributed by atoms with Crippen LogP contribution < -0.4 is 5.32 Å². The van der Waals surface area contributed by atoms with Gasteiger partial charge in [0.15, 0.2) is 0 Å². The summed E-state index contributed by atoms with van der Waals surface area (Å²) in [5.74, 6) is -0.136. The lowest BCUT2D eigenvalue weighted by Gasteiger charge is -2.26. The second kappa shape index (κ2) is 62.5. The normalized spacial score (nSPS) is 13.7. The number of hydrogen-bond acceptors (Lipinski definition) is 5. The summed E-state index contributed by atoms with van der Waals surface area (Å²) in [6.07, 6.45) is 81.4. The number of aliphatic hydroxyl groups excluding tert-OH is 1. The summed E-state index contributed by atoms with van der Waals surface area (Å²) in [6.45, 7) is 4.95. The van der Waals surface area contributed by atoms with Crippen molar-refractivity contribution in [2.24, 2.45) is 0 Å². The predicted octanol–water partition coefficient (Wildman–Crippen LogP) is 22.7. The molecule has 80 heavy (non-hydrogen) atoms. The van der Waals surface area contributed by atoms with Gasteiger partial charge in [-0.15, -0.1) is 0 Å². The number of amides is 1. The number of likely N-dealkylation sites (N-methyl/N-ethyl adjacent to an activating group) is 1. The Kier molecular flexibility index (Phi) is 61.7. The largest absolute Gasteiger partial charge is 0.472 e. The van der Waals surface area contributed by atoms with Crippen LogP contribution in [0.4, 0.5) is 0 Å². The maximum Gasteiger partial charge on any atom is 0.472 e. The summed E-state index contributed by atoms with van der Waals surface area (Å²) in [5.41, 5.74) is 0. The average Bonchev–Trinajstić information content (AvgIpc) is 3.42. The Labute approximate surface area is 500 Å². The van der Waals surface area contributed by atoms with Crippen molar-refractivity contribution in [3.05, 3.63) is 24.3 Å². The topological polar surface area (TPSA) is 105 Å². The molecule has 0 heterocycles. The number of quaternary nitrogens is 1. The molecule has 0 aliphatic rings. The number of carbonyl (C=O) groups excluding carboxylic acids is 1. The van der Waals surface area contributed by atoms with E-state index in [2.05, 4.69) is 43.5 Å². The monoisotopic (exact) mass is 1150 g/mol. The van der Waals surface area contributed by atoms with Crippen LogP contribution in [-0.2, 0) is 18.4 Å². The molecular formula is C71H142N2O6P+. The standard InChI is InChI=1S/C71H141N2O6P/c1-6-8-10-12-14-16-18-20-22-24-26-28-30-31-32-33-34-35-36-37-38-39-40-41-43-45-47-49-51-53-55-57-59-61-63-65-71(75)72-69(68-79-80(76,77)78-67-66-73(3,4)5)70(74)64-62-60-58-56-54-52-50-48-46-44-42-29-27-25-23-21-19-17-15-13-11-9-7-2/h30-31,33-34,69-70,74H,6-29,32,35-68H2,1-5H3,(H-,72,75,76,77)/p+1/b31-30-,34-33-. The summed E-state index contributed by atoms with van der Waals surface area (Å²) in [7, 11) is 1.64. The predicted molar refractivity (Wildman–Crippen MR) is 351 cm³/mol. The zero-order chi connectivity index (χ0) is 58.4. The zero-order valence-electron chi connectivity index (χ0n) is 54.6. The SMILES string of the molecule is CCCCCCCCCCCCC/C=C\C/C=C\CCCCCCCCCCCCCCCCCCCC(=O)NC(COP(=O)(O)OCC[N+](C)(C)C)C(O)CCCCCCCCCCCCCCCCCCCCCCCCC. The van der Waals surface area contributed by atoms with E-state index in [9.17, 15) is 19.4 Å². The maximum atomic E-state index is 13.1. The van der Waals surface area contributed by atoms with E-state index in [-0.39, 0.29) is 19.1 Å². The van der Waals surface area contributed by atoms with E-state index in [1.165, 1.54) is 302 Å². The number of nitrogens with one attached hydrogen (secondary N) is 1. The molecule has 0 aromatic heterocycles. The van der Waals surface area contributed by atoms with Crippen molar-refractivity contribution in [2.75, 3.05) is 40.9 Å². The first-order chi connectivity index (χ1) is 39.0. The smallest absolute Gasteiger partial charge is 0.391 e. The number of rotatable bonds is 67. The van der Waals surface area contributed by atoms with Crippen LogP contribution in [0.3, 0.4) is 0 Å². The van der Waals surface area contributed by atoms with Crippen LogP contribution >= 0.6 is 7.82 Å². The minimum absolute atomic E-state index is 0.0772. The Morgan fingerprint density at radius 2 is 0.713 bits per heavy atom. The Hall–Kier alpha value is -1.02. The second-order valence-electron chi connectivity index (χ2n) is 26.0. The number of unbranched alkanes of at least 4 members (excludes halogenated alkanes) is 50. The first-order valence-electron chi connectivity index (χ1n) is 35.7. The Morgan fingerprint density at radius 1 is 0.425 bits per heavy atom. The van der Waals surface area contributed by atoms with E-state index in [0.29, 0.717) is 23.9 Å². The quantitative estimate of drug-likeness (QED) is 0.0243. The lowest BCUT2D eigenvalue weighted by Crippen LogP contribution is -2.46. The number of phosphoric ester groups is 1. The van der Waals surface area contributed by atoms with Crippen LogP contribution in [-0.4, -0.2) is 73.4 Å². The molecule has 0 saturated heterocycles. The van der Waals surface area contributed by atoms with E-state index in [4.69, 9.17) is 9.05 Å². The van der Waals surface area contributed by atoms with E-state index in [1.54, 1.807) is 0 Å². The number of allylic oxidation sites excluding steroid dienone is 4. The molecule has 0 aliphatic heterocycles. The van der Waals surface area contributed by atoms with Gasteiger partial charge >= 0.3 is 7.82 Å². The summed E-state index contributed by atoms with van der Waals surface area (Å²) >= 11 is 0. The molecule has 3 atom stereocenters. The fourth-order valence-corrected chi connectivity index (χ4v) is 11.9. The first kappa shape index (κ1) is 79.0. The van der Waals surface area contributed by atoms with Crippen LogP contribution in [0.2, 0.25) is 0 Å². The van der Waals surface area contributed by atoms with E-state index in [0.717, 1.165) is 44.9 Å². The van der Waals surface area contributed by atoms with Crippen LogP contribution in [0.5, 0.6) is 0 Å².